The maximum absolute atomic E-state index is 11.0. The lowest BCUT2D eigenvalue weighted by Crippen LogP contribution is -2.41. The molecular weight excluding hydrogens is 296 g/mol. The van der Waals surface area contributed by atoms with E-state index >= 15 is 0 Å². The maximum Gasteiger partial charge on any atom is 0.407 e. The van der Waals surface area contributed by atoms with Crippen LogP contribution in [0.25, 0.3) is 0 Å². The van der Waals surface area contributed by atoms with Gasteiger partial charge >= 0.3 is 12.1 Å². The highest BCUT2D eigenvalue weighted by atomic mass is 35.5. The average molecular weight is 313 g/mol. The minimum absolute atomic E-state index is 0.0760. The van der Waals surface area contributed by atoms with E-state index in [-0.39, 0.29) is 12.6 Å². The van der Waals surface area contributed by atoms with E-state index in [2.05, 4.69) is 0 Å². The number of rotatable bonds is 5. The van der Waals surface area contributed by atoms with Crippen molar-refractivity contribution in [1.29, 1.82) is 0 Å². The molecule has 1 aromatic carbocycles. The molecule has 21 heavy (non-hydrogen) atoms. The molecule has 0 bridgehead atoms. The van der Waals surface area contributed by atoms with Crippen LogP contribution in [-0.4, -0.2) is 57.8 Å². The zero-order valence-corrected chi connectivity index (χ0v) is 12.2. The molecule has 2 N–H and O–H groups in total. The second-order valence-electron chi connectivity index (χ2n) is 5.10. The van der Waals surface area contributed by atoms with Gasteiger partial charge in [-0.25, -0.2) is 4.79 Å². The van der Waals surface area contributed by atoms with Gasteiger partial charge in [0.25, 0.3) is 0 Å². The van der Waals surface area contributed by atoms with Crippen LogP contribution in [0.5, 0.6) is 0 Å². The number of carboxylic acid groups (broad SMARTS) is 2. The predicted octanol–water partition coefficient (Wildman–Crippen LogP) is 1.98. The van der Waals surface area contributed by atoms with E-state index in [1.165, 1.54) is 4.90 Å². The molecule has 0 aliphatic carbocycles. The minimum atomic E-state index is -0.959. The third-order valence-electron chi connectivity index (χ3n) is 3.59. The summed E-state index contributed by atoms with van der Waals surface area (Å²) in [5.74, 6) is -0.919. The van der Waals surface area contributed by atoms with Gasteiger partial charge in [0.2, 0.25) is 0 Å². The third-order valence-corrected chi connectivity index (χ3v) is 3.84. The van der Waals surface area contributed by atoms with Crippen molar-refractivity contribution in [3.8, 4) is 0 Å². The summed E-state index contributed by atoms with van der Waals surface area (Å²) in [6.07, 6.45) is -0.313. The van der Waals surface area contributed by atoms with Gasteiger partial charge in [-0.1, -0.05) is 23.7 Å². The first-order valence-corrected chi connectivity index (χ1v) is 7.01. The lowest BCUT2D eigenvalue weighted by atomic mass is 10.1. The SMILES string of the molecule is O=C(O)CN(Cc1ccc(Cl)cc1)C1CCN(C(=O)O)C1. The number of nitrogens with zero attached hydrogens (tertiary/aromatic N) is 2. The zero-order valence-electron chi connectivity index (χ0n) is 11.4. The molecule has 1 unspecified atom stereocenters. The second-order valence-corrected chi connectivity index (χ2v) is 5.53. The lowest BCUT2D eigenvalue weighted by molar-refractivity contribution is -0.139. The van der Waals surface area contributed by atoms with E-state index in [9.17, 15) is 9.59 Å². The Bertz CT molecular complexity index is 520. The topological polar surface area (TPSA) is 81.1 Å². The van der Waals surface area contributed by atoms with Crippen LogP contribution < -0.4 is 0 Å². The lowest BCUT2D eigenvalue weighted by Gasteiger charge is -2.27. The van der Waals surface area contributed by atoms with Gasteiger partial charge in [0.15, 0.2) is 0 Å². The molecule has 1 saturated heterocycles. The normalized spacial score (nSPS) is 18.2. The van der Waals surface area contributed by atoms with Crippen LogP contribution in [0.2, 0.25) is 5.02 Å². The van der Waals surface area contributed by atoms with Gasteiger partial charge in [-0.3, -0.25) is 9.69 Å². The summed E-state index contributed by atoms with van der Waals surface area (Å²) in [7, 11) is 0. The van der Waals surface area contributed by atoms with Crippen molar-refractivity contribution < 1.29 is 19.8 Å². The number of hydrogen-bond acceptors (Lipinski definition) is 3. The molecule has 2 rings (SSSR count). The van der Waals surface area contributed by atoms with Gasteiger partial charge in [0.05, 0.1) is 6.54 Å². The summed E-state index contributed by atoms with van der Waals surface area (Å²) in [4.78, 5) is 25.1. The molecule has 114 valence electrons. The Hall–Kier alpha value is -1.79. The molecule has 1 aliphatic rings. The summed E-state index contributed by atoms with van der Waals surface area (Å²) >= 11 is 5.83. The standard InChI is InChI=1S/C14H17ClN2O4/c15-11-3-1-10(2-4-11)7-17(9-13(18)19)12-5-6-16(8-12)14(20)21/h1-4,12H,5-9H2,(H,18,19)(H,20,21). The molecule has 1 aromatic rings. The highest BCUT2D eigenvalue weighted by molar-refractivity contribution is 6.30. The summed E-state index contributed by atoms with van der Waals surface area (Å²) in [6.45, 7) is 1.13. The van der Waals surface area contributed by atoms with Crippen molar-refractivity contribution in [3.05, 3.63) is 34.9 Å². The first kappa shape index (κ1) is 15.6. The smallest absolute Gasteiger partial charge is 0.407 e. The monoisotopic (exact) mass is 312 g/mol. The van der Waals surface area contributed by atoms with Crippen molar-refractivity contribution in [1.82, 2.24) is 9.80 Å². The largest absolute Gasteiger partial charge is 0.480 e. The van der Waals surface area contributed by atoms with Gasteiger partial charge in [0.1, 0.15) is 0 Å². The Morgan fingerprint density at radius 2 is 1.95 bits per heavy atom. The zero-order chi connectivity index (χ0) is 15.4. The maximum atomic E-state index is 11.0. The predicted molar refractivity (Wildman–Crippen MR) is 77.5 cm³/mol. The van der Waals surface area contributed by atoms with Gasteiger partial charge in [-0.05, 0) is 24.1 Å². The Morgan fingerprint density at radius 1 is 1.29 bits per heavy atom. The van der Waals surface area contributed by atoms with Crippen LogP contribution in [0.3, 0.4) is 0 Å². The number of carbonyl (C=O) groups is 2. The fraction of sp³-hybridized carbons (Fsp3) is 0.429. The number of aliphatic carboxylic acids is 1. The van der Waals surface area contributed by atoms with Crippen LogP contribution in [0, 0.1) is 0 Å². The Morgan fingerprint density at radius 3 is 2.48 bits per heavy atom. The number of hydrogen-bond donors (Lipinski definition) is 2. The molecule has 0 radical (unpaired) electrons. The molecule has 1 aliphatic heterocycles. The minimum Gasteiger partial charge on any atom is -0.480 e. The molecule has 0 aromatic heterocycles. The van der Waals surface area contributed by atoms with Crippen LogP contribution in [0.15, 0.2) is 24.3 Å². The van der Waals surface area contributed by atoms with E-state index in [0.29, 0.717) is 31.1 Å². The average Bonchev–Trinajstić information content (AvgIpc) is 2.90. The Balaban J connectivity index is 2.06. The third kappa shape index (κ3) is 4.34. The number of halogens is 1. The Labute approximate surface area is 127 Å². The van der Waals surface area contributed by atoms with Crippen LogP contribution in [0.1, 0.15) is 12.0 Å². The van der Waals surface area contributed by atoms with Gasteiger partial charge in [-0.15, -0.1) is 0 Å². The van der Waals surface area contributed by atoms with Crippen molar-refractivity contribution >= 4 is 23.7 Å². The number of benzene rings is 1. The first-order valence-electron chi connectivity index (χ1n) is 6.64. The van der Waals surface area contributed by atoms with E-state index in [4.69, 9.17) is 21.8 Å². The molecule has 7 heteroatoms. The van der Waals surface area contributed by atoms with Crippen molar-refractivity contribution in [2.45, 2.75) is 19.0 Å². The summed E-state index contributed by atoms with van der Waals surface area (Å²) in [5, 5.41) is 18.7. The van der Waals surface area contributed by atoms with Crippen molar-refractivity contribution in [2.75, 3.05) is 19.6 Å². The van der Waals surface area contributed by atoms with Gasteiger partial charge in [0, 0.05) is 30.7 Å². The van der Waals surface area contributed by atoms with E-state index in [0.717, 1.165) is 5.56 Å². The van der Waals surface area contributed by atoms with Crippen molar-refractivity contribution in [2.24, 2.45) is 0 Å². The fourth-order valence-corrected chi connectivity index (χ4v) is 2.65. The summed E-state index contributed by atoms with van der Waals surface area (Å²) < 4.78 is 0. The highest BCUT2D eigenvalue weighted by Crippen LogP contribution is 2.19. The van der Waals surface area contributed by atoms with Gasteiger partial charge in [-0.2, -0.15) is 0 Å². The van der Waals surface area contributed by atoms with E-state index in [1.54, 1.807) is 17.0 Å². The molecule has 0 saturated carbocycles. The van der Waals surface area contributed by atoms with Crippen LogP contribution >= 0.6 is 11.6 Å². The highest BCUT2D eigenvalue weighted by Gasteiger charge is 2.31. The molecule has 1 heterocycles. The molecule has 1 amide bonds. The van der Waals surface area contributed by atoms with Gasteiger partial charge < -0.3 is 15.1 Å². The van der Waals surface area contributed by atoms with Crippen LogP contribution in [-0.2, 0) is 11.3 Å². The fourth-order valence-electron chi connectivity index (χ4n) is 2.53. The quantitative estimate of drug-likeness (QED) is 0.869. The van der Waals surface area contributed by atoms with E-state index in [1.807, 2.05) is 12.1 Å². The van der Waals surface area contributed by atoms with Crippen LogP contribution in [0.4, 0.5) is 4.79 Å². The molecular formula is C14H17ClN2O4. The first-order chi connectivity index (χ1) is 9.95. The number of likely N-dealkylation sites (tertiary alicyclic amines) is 1. The molecule has 1 atom stereocenters. The number of carboxylic acids is 1. The Kier molecular flexibility index (Phi) is 5.03. The summed E-state index contributed by atoms with van der Waals surface area (Å²) in [6, 6.07) is 7.14. The number of amides is 1. The molecule has 0 spiro atoms. The molecule has 1 fully saturated rings. The second kappa shape index (κ2) is 6.78. The molecule has 6 nitrogen and oxygen atoms in total. The van der Waals surface area contributed by atoms with Crippen molar-refractivity contribution in [3.63, 3.8) is 0 Å². The summed E-state index contributed by atoms with van der Waals surface area (Å²) in [5.41, 5.74) is 0.953. The van der Waals surface area contributed by atoms with E-state index < -0.39 is 12.1 Å².